The second kappa shape index (κ2) is 9.56. The lowest BCUT2D eigenvalue weighted by molar-refractivity contribution is 0.257. The standard InChI is InChI=1S/C29H28BrN5O/c1-33-14-16-34(17-15-33)26-19-25-22(18-24(26)30)12-13-35(25)29(36)32-27-11-10-21-8-5-9-23(28(21)31-27)20-6-3-2-4-7-20/h2-11,18-19H,12-17H2,1H3,(H,31,32,36). The number of aromatic nitrogens is 1. The van der Waals surface area contributed by atoms with Gasteiger partial charge in [-0.25, -0.2) is 9.78 Å². The molecule has 2 aliphatic heterocycles. The Morgan fingerprint density at radius 2 is 1.69 bits per heavy atom. The number of fused-ring (bicyclic) bond motifs is 2. The number of nitrogens with zero attached hydrogens (tertiary/aromatic N) is 4. The summed E-state index contributed by atoms with van der Waals surface area (Å²) in [6, 6.07) is 24.5. The van der Waals surface area contributed by atoms with Gasteiger partial charge in [0.2, 0.25) is 0 Å². The number of halogens is 1. The van der Waals surface area contributed by atoms with Crippen LogP contribution in [0.1, 0.15) is 5.56 Å². The molecular formula is C29H28BrN5O. The first-order valence-electron chi connectivity index (χ1n) is 12.4. The van der Waals surface area contributed by atoms with E-state index in [0.29, 0.717) is 12.4 Å². The third-order valence-corrected chi connectivity index (χ3v) is 7.81. The fraction of sp³-hybridized carbons (Fsp3) is 0.241. The molecule has 0 aliphatic carbocycles. The van der Waals surface area contributed by atoms with E-state index in [2.05, 4.69) is 74.5 Å². The van der Waals surface area contributed by atoms with Crippen LogP contribution in [-0.2, 0) is 6.42 Å². The Balaban J connectivity index is 1.27. The van der Waals surface area contributed by atoms with Crippen molar-refractivity contribution in [2.45, 2.75) is 6.42 Å². The van der Waals surface area contributed by atoms with E-state index in [4.69, 9.17) is 4.98 Å². The molecule has 1 fully saturated rings. The minimum absolute atomic E-state index is 0.149. The van der Waals surface area contributed by atoms with E-state index in [1.165, 1.54) is 5.56 Å². The average molecular weight is 542 g/mol. The first-order chi connectivity index (χ1) is 17.6. The van der Waals surface area contributed by atoms with E-state index in [1.807, 2.05) is 41.3 Å². The molecule has 6 nitrogen and oxygen atoms in total. The van der Waals surface area contributed by atoms with Gasteiger partial charge in [-0.15, -0.1) is 0 Å². The maximum absolute atomic E-state index is 13.4. The summed E-state index contributed by atoms with van der Waals surface area (Å²) in [5.74, 6) is 0.556. The number of para-hydroxylation sites is 1. The predicted octanol–water partition coefficient (Wildman–Crippen LogP) is 6.01. The van der Waals surface area contributed by atoms with Crippen LogP contribution >= 0.6 is 15.9 Å². The number of rotatable bonds is 3. The number of benzene rings is 3. The van der Waals surface area contributed by atoms with Gasteiger partial charge in [0.15, 0.2) is 0 Å². The van der Waals surface area contributed by atoms with Crippen molar-refractivity contribution in [1.29, 1.82) is 0 Å². The summed E-state index contributed by atoms with van der Waals surface area (Å²) in [4.78, 5) is 24.9. The van der Waals surface area contributed by atoms with Gasteiger partial charge in [0.25, 0.3) is 0 Å². The average Bonchev–Trinajstić information content (AvgIpc) is 3.31. The summed E-state index contributed by atoms with van der Waals surface area (Å²) in [6.45, 7) is 4.68. The van der Waals surface area contributed by atoms with Gasteiger partial charge in [0.05, 0.1) is 16.9 Å². The van der Waals surface area contributed by atoms with Gasteiger partial charge in [0.1, 0.15) is 5.82 Å². The van der Waals surface area contributed by atoms with Crippen molar-refractivity contribution in [2.75, 3.05) is 54.9 Å². The molecule has 182 valence electrons. The second-order valence-corrected chi connectivity index (χ2v) is 10.3. The topological polar surface area (TPSA) is 51.7 Å². The summed E-state index contributed by atoms with van der Waals surface area (Å²) in [5.41, 5.74) is 6.36. The van der Waals surface area contributed by atoms with Crippen molar-refractivity contribution in [3.05, 3.63) is 82.8 Å². The van der Waals surface area contributed by atoms with Gasteiger partial charge in [-0.1, -0.05) is 48.5 Å². The van der Waals surface area contributed by atoms with E-state index in [9.17, 15) is 4.79 Å². The van der Waals surface area contributed by atoms with E-state index >= 15 is 0 Å². The smallest absolute Gasteiger partial charge is 0.327 e. The number of pyridine rings is 1. The summed E-state index contributed by atoms with van der Waals surface area (Å²) in [7, 11) is 2.16. The third kappa shape index (κ3) is 4.33. The van der Waals surface area contributed by atoms with Crippen LogP contribution in [-0.4, -0.2) is 55.7 Å². The molecule has 0 atom stereocenters. The molecule has 0 radical (unpaired) electrons. The molecule has 2 amide bonds. The van der Waals surface area contributed by atoms with Crippen LogP contribution in [0.25, 0.3) is 22.0 Å². The zero-order valence-corrected chi connectivity index (χ0v) is 21.8. The predicted molar refractivity (Wildman–Crippen MR) is 151 cm³/mol. The Morgan fingerprint density at radius 1 is 0.889 bits per heavy atom. The Kier molecular flexibility index (Phi) is 6.11. The maximum atomic E-state index is 13.4. The van der Waals surface area contributed by atoms with Gasteiger partial charge in [-0.2, -0.15) is 0 Å². The number of hydrogen-bond acceptors (Lipinski definition) is 4. The van der Waals surface area contributed by atoms with Gasteiger partial charge in [-0.3, -0.25) is 10.2 Å². The molecule has 1 N–H and O–H groups in total. The molecule has 7 heteroatoms. The quantitative estimate of drug-likeness (QED) is 0.345. The number of urea groups is 1. The molecule has 0 spiro atoms. The largest absolute Gasteiger partial charge is 0.368 e. The highest BCUT2D eigenvalue weighted by molar-refractivity contribution is 9.10. The number of piperazine rings is 1. The van der Waals surface area contributed by atoms with Crippen LogP contribution in [0.3, 0.4) is 0 Å². The van der Waals surface area contributed by atoms with Gasteiger partial charge < -0.3 is 9.80 Å². The molecule has 1 saturated heterocycles. The van der Waals surface area contributed by atoms with Crippen LogP contribution in [0.5, 0.6) is 0 Å². The van der Waals surface area contributed by atoms with Crippen LogP contribution < -0.4 is 15.1 Å². The first-order valence-corrected chi connectivity index (χ1v) is 13.2. The molecule has 2 aliphatic rings. The molecule has 36 heavy (non-hydrogen) atoms. The normalized spacial score (nSPS) is 15.8. The van der Waals surface area contributed by atoms with Crippen molar-refractivity contribution < 1.29 is 4.79 Å². The summed E-state index contributed by atoms with van der Waals surface area (Å²) < 4.78 is 1.10. The first kappa shape index (κ1) is 23.0. The molecule has 6 rings (SSSR count). The third-order valence-electron chi connectivity index (χ3n) is 7.17. The van der Waals surface area contributed by atoms with Crippen molar-refractivity contribution in [3.8, 4) is 11.1 Å². The van der Waals surface area contributed by atoms with Crippen molar-refractivity contribution in [1.82, 2.24) is 9.88 Å². The Labute approximate surface area is 219 Å². The fourth-order valence-corrected chi connectivity index (χ4v) is 5.78. The van der Waals surface area contributed by atoms with Crippen LogP contribution in [0.15, 0.2) is 77.3 Å². The SMILES string of the molecule is CN1CCN(c2cc3c(cc2Br)CCN3C(=O)Nc2ccc3cccc(-c4ccccc4)c3n2)CC1. The van der Waals surface area contributed by atoms with E-state index in [1.54, 1.807) is 0 Å². The molecule has 3 heterocycles. The zero-order chi connectivity index (χ0) is 24.6. The van der Waals surface area contributed by atoms with Gasteiger partial charge >= 0.3 is 6.03 Å². The lowest BCUT2D eigenvalue weighted by Gasteiger charge is -2.35. The number of hydrogen-bond donors (Lipinski definition) is 1. The zero-order valence-electron chi connectivity index (χ0n) is 20.2. The monoisotopic (exact) mass is 541 g/mol. The van der Waals surface area contributed by atoms with Crippen molar-refractivity contribution in [2.24, 2.45) is 0 Å². The minimum atomic E-state index is -0.149. The van der Waals surface area contributed by atoms with Gasteiger partial charge in [-0.05, 0) is 64.8 Å². The highest BCUT2D eigenvalue weighted by Gasteiger charge is 2.28. The number of amides is 2. The summed E-state index contributed by atoms with van der Waals surface area (Å²) >= 11 is 3.78. The summed E-state index contributed by atoms with van der Waals surface area (Å²) in [5, 5.41) is 4.10. The molecule has 0 bridgehead atoms. The van der Waals surface area contributed by atoms with Crippen molar-refractivity contribution >= 4 is 50.1 Å². The lowest BCUT2D eigenvalue weighted by Crippen LogP contribution is -2.44. The minimum Gasteiger partial charge on any atom is -0.368 e. The molecule has 1 aromatic heterocycles. The molecular weight excluding hydrogens is 514 g/mol. The molecule has 4 aromatic rings. The number of carbonyl (C=O) groups is 1. The Hall–Kier alpha value is -3.42. The second-order valence-electron chi connectivity index (χ2n) is 9.49. The fourth-order valence-electron chi connectivity index (χ4n) is 5.14. The van der Waals surface area contributed by atoms with Crippen molar-refractivity contribution in [3.63, 3.8) is 0 Å². The lowest BCUT2D eigenvalue weighted by atomic mass is 10.0. The van der Waals surface area contributed by atoms with E-state index < -0.39 is 0 Å². The number of nitrogens with one attached hydrogen (secondary N) is 1. The van der Waals surface area contributed by atoms with Crippen LogP contribution in [0.4, 0.5) is 22.0 Å². The highest BCUT2D eigenvalue weighted by atomic mass is 79.9. The maximum Gasteiger partial charge on any atom is 0.327 e. The highest BCUT2D eigenvalue weighted by Crippen LogP contribution is 2.38. The Bertz CT molecular complexity index is 1430. The molecule has 3 aromatic carbocycles. The van der Waals surface area contributed by atoms with Crippen LogP contribution in [0.2, 0.25) is 0 Å². The van der Waals surface area contributed by atoms with E-state index in [0.717, 1.165) is 70.5 Å². The number of likely N-dealkylation sites (N-methyl/N-ethyl adjacent to an activating group) is 1. The van der Waals surface area contributed by atoms with Crippen LogP contribution in [0, 0.1) is 0 Å². The van der Waals surface area contributed by atoms with E-state index in [-0.39, 0.29) is 6.03 Å². The molecule has 0 saturated carbocycles. The van der Waals surface area contributed by atoms with Gasteiger partial charge in [0, 0.05) is 48.1 Å². The molecule has 0 unspecified atom stereocenters. The summed E-state index contributed by atoms with van der Waals surface area (Å²) in [6.07, 6.45) is 0.841. The number of carbonyl (C=O) groups excluding carboxylic acids is 1. The Morgan fingerprint density at radius 3 is 2.50 bits per heavy atom. The number of anilines is 3.